The van der Waals surface area contributed by atoms with Crippen LogP contribution in [0.1, 0.15) is 65.5 Å². The Kier molecular flexibility index (Phi) is 8.66. The van der Waals surface area contributed by atoms with Crippen molar-refractivity contribution in [2.45, 2.75) is 83.2 Å². The summed E-state index contributed by atoms with van der Waals surface area (Å²) in [4.78, 5) is 68.3. The third kappa shape index (κ3) is 5.78. The minimum Gasteiger partial charge on any atom is -0.507 e. The van der Waals surface area contributed by atoms with Gasteiger partial charge in [0.2, 0.25) is 11.4 Å². The van der Waals surface area contributed by atoms with E-state index in [4.69, 9.17) is 10.5 Å². The van der Waals surface area contributed by atoms with Gasteiger partial charge in [0.15, 0.2) is 11.5 Å². The van der Waals surface area contributed by atoms with E-state index >= 15 is 0 Å². The molecule has 0 bridgehead atoms. The maximum Gasteiger partial charge on any atom is 0.409 e. The number of aromatic hydroxyl groups is 1. The largest absolute Gasteiger partial charge is 0.507 e. The molecular formula is C32H43N5O10. The number of rotatable bonds is 4. The highest BCUT2D eigenvalue weighted by atomic mass is 16.6. The number of amides is 4. The third-order valence-corrected chi connectivity index (χ3v) is 8.57. The number of phenolic OH excluding ortho intramolecular Hbond substituents is 1. The van der Waals surface area contributed by atoms with Crippen molar-refractivity contribution in [1.82, 2.24) is 15.5 Å². The van der Waals surface area contributed by atoms with Crippen LogP contribution in [0.2, 0.25) is 0 Å². The second-order valence-corrected chi connectivity index (χ2v) is 14.5. The highest BCUT2D eigenvalue weighted by Crippen LogP contribution is 2.57. The number of benzene rings is 1. The minimum atomic E-state index is -2.92. The highest BCUT2D eigenvalue weighted by molar-refractivity contribution is 6.25. The predicted octanol–water partition coefficient (Wildman–Crippen LogP) is 1.95. The number of hydrogen-bond acceptors (Lipinski definition) is 11. The van der Waals surface area contributed by atoms with Gasteiger partial charge >= 0.3 is 12.1 Å². The van der Waals surface area contributed by atoms with Crippen molar-refractivity contribution in [2.75, 3.05) is 19.4 Å². The monoisotopic (exact) mass is 657 g/mol. The molecule has 1 saturated carbocycles. The van der Waals surface area contributed by atoms with Crippen molar-refractivity contribution >= 4 is 41.0 Å². The van der Waals surface area contributed by atoms with Crippen LogP contribution in [0.25, 0.3) is 5.76 Å². The second-order valence-electron chi connectivity index (χ2n) is 14.5. The molecule has 9 N–H and O–H groups in total. The van der Waals surface area contributed by atoms with Gasteiger partial charge in [-0.15, -0.1) is 0 Å². The summed E-state index contributed by atoms with van der Waals surface area (Å²) < 4.78 is 5.71. The SMILES string of the molecule is C[C@H]1c2ccc(NC(=O)NC(C)(C)C)c(O)c2C(O)=C2C(=O)[C@]3(OC(=O)NC(C)(C)C)C(O)=C(C(N)=O)C(=O)C(N(C)C)[C@@H]3[C@@H](O)[C@@H]21. The van der Waals surface area contributed by atoms with Gasteiger partial charge in [0.05, 0.1) is 29.3 Å². The van der Waals surface area contributed by atoms with Gasteiger partial charge in [-0.1, -0.05) is 13.0 Å². The number of urea groups is 1. The van der Waals surface area contributed by atoms with E-state index in [0.29, 0.717) is 5.56 Å². The second kappa shape index (κ2) is 11.6. The number of alkyl carbamates (subject to hydrolysis) is 1. The number of primary amides is 1. The number of nitrogens with zero attached hydrogens (tertiary/aromatic N) is 1. The Morgan fingerprint density at radius 1 is 0.979 bits per heavy atom. The fraction of sp³-hybridized carbons (Fsp3) is 0.531. The van der Waals surface area contributed by atoms with Crippen molar-refractivity contribution in [3.63, 3.8) is 0 Å². The summed E-state index contributed by atoms with van der Waals surface area (Å²) in [5.74, 6) is -10.1. The molecule has 3 aliphatic rings. The van der Waals surface area contributed by atoms with Gasteiger partial charge < -0.3 is 46.8 Å². The molecule has 0 saturated heterocycles. The van der Waals surface area contributed by atoms with E-state index < -0.39 is 105 Å². The van der Waals surface area contributed by atoms with E-state index in [1.165, 1.54) is 31.1 Å². The number of phenols is 1. The molecule has 15 nitrogen and oxygen atoms in total. The molecule has 4 rings (SSSR count). The molecule has 0 heterocycles. The van der Waals surface area contributed by atoms with Crippen LogP contribution >= 0.6 is 0 Å². The first-order valence-electron chi connectivity index (χ1n) is 15.0. The molecule has 6 atom stereocenters. The molecule has 4 amide bonds. The Labute approximate surface area is 271 Å². The number of likely N-dealkylation sites (N-methyl/N-ethyl adjacent to an activating group) is 1. The normalized spacial score (nSPS) is 27.5. The van der Waals surface area contributed by atoms with E-state index in [1.807, 2.05) is 0 Å². The summed E-state index contributed by atoms with van der Waals surface area (Å²) in [6.45, 7) is 11.7. The zero-order chi connectivity index (χ0) is 35.7. The lowest BCUT2D eigenvalue weighted by atomic mass is 9.54. The summed E-state index contributed by atoms with van der Waals surface area (Å²) in [5.41, 5.74) is -0.581. The number of anilines is 1. The van der Waals surface area contributed by atoms with Gasteiger partial charge in [-0.05, 0) is 73.2 Å². The van der Waals surface area contributed by atoms with Crippen LogP contribution in [0, 0.1) is 11.8 Å². The lowest BCUT2D eigenvalue weighted by Gasteiger charge is -2.54. The van der Waals surface area contributed by atoms with Gasteiger partial charge in [-0.2, -0.15) is 0 Å². The molecule has 47 heavy (non-hydrogen) atoms. The Bertz CT molecular complexity index is 1630. The maximum atomic E-state index is 14.8. The van der Waals surface area contributed by atoms with Crippen LogP contribution in [0.4, 0.5) is 15.3 Å². The third-order valence-electron chi connectivity index (χ3n) is 8.57. The smallest absolute Gasteiger partial charge is 0.409 e. The number of aliphatic hydroxyl groups is 3. The molecule has 0 spiro atoms. The molecule has 256 valence electrons. The summed E-state index contributed by atoms with van der Waals surface area (Å²) in [5, 5.41) is 54.5. The van der Waals surface area contributed by atoms with Crippen LogP contribution in [-0.4, -0.2) is 97.8 Å². The van der Waals surface area contributed by atoms with Crippen LogP contribution in [0.15, 0.2) is 29.0 Å². The molecule has 0 radical (unpaired) electrons. The van der Waals surface area contributed by atoms with Crippen molar-refractivity contribution in [1.29, 1.82) is 0 Å². The summed E-state index contributed by atoms with van der Waals surface area (Å²) >= 11 is 0. The quantitative estimate of drug-likeness (QED) is 0.172. The summed E-state index contributed by atoms with van der Waals surface area (Å²) in [6, 6.07) is 0.728. The van der Waals surface area contributed by atoms with Gasteiger partial charge in [0, 0.05) is 22.6 Å². The van der Waals surface area contributed by atoms with E-state index in [2.05, 4.69) is 16.0 Å². The number of carbonyl (C=O) groups is 5. The van der Waals surface area contributed by atoms with Crippen LogP contribution in [0.3, 0.4) is 0 Å². The topological polar surface area (TPSA) is 241 Å². The molecule has 3 aliphatic carbocycles. The van der Waals surface area contributed by atoms with Gasteiger partial charge in [-0.3, -0.25) is 19.3 Å². The first-order chi connectivity index (χ1) is 21.5. The molecule has 15 heteroatoms. The molecule has 1 fully saturated rings. The number of carbonyl (C=O) groups excluding carboxylic acids is 5. The first kappa shape index (κ1) is 35.2. The Hall–Kier alpha value is -4.63. The van der Waals surface area contributed by atoms with Crippen molar-refractivity contribution in [3.05, 3.63) is 40.2 Å². The van der Waals surface area contributed by atoms with Crippen LogP contribution in [0.5, 0.6) is 5.75 Å². The lowest BCUT2D eigenvalue weighted by Crippen LogP contribution is -2.72. The van der Waals surface area contributed by atoms with Gasteiger partial charge in [-0.25, -0.2) is 9.59 Å². The number of nitrogens with one attached hydrogen (secondary N) is 3. The molecule has 1 aromatic carbocycles. The zero-order valence-corrected chi connectivity index (χ0v) is 27.8. The minimum absolute atomic E-state index is 0.116. The van der Waals surface area contributed by atoms with E-state index in [1.54, 1.807) is 48.5 Å². The van der Waals surface area contributed by atoms with Crippen molar-refractivity contribution in [3.8, 4) is 5.75 Å². The fourth-order valence-electron chi connectivity index (χ4n) is 6.83. The molecular weight excluding hydrogens is 614 g/mol. The number of hydrogen-bond donors (Lipinski definition) is 8. The average Bonchev–Trinajstić information content (AvgIpc) is 2.89. The van der Waals surface area contributed by atoms with E-state index in [-0.39, 0.29) is 11.3 Å². The van der Waals surface area contributed by atoms with Gasteiger partial charge in [0.25, 0.3) is 5.91 Å². The summed E-state index contributed by atoms with van der Waals surface area (Å²) in [6.07, 6.45) is -3.01. The number of nitrogens with two attached hydrogens (primary N) is 1. The number of fused-ring (bicyclic) bond motifs is 3. The molecule has 0 aromatic heterocycles. The Balaban J connectivity index is 2.03. The molecule has 1 aromatic rings. The molecule has 1 unspecified atom stereocenters. The zero-order valence-electron chi connectivity index (χ0n) is 27.8. The summed E-state index contributed by atoms with van der Waals surface area (Å²) in [7, 11) is 2.87. The van der Waals surface area contributed by atoms with Crippen molar-refractivity contribution in [2.24, 2.45) is 17.6 Å². The maximum absolute atomic E-state index is 14.8. The van der Waals surface area contributed by atoms with Gasteiger partial charge in [0.1, 0.15) is 17.1 Å². The standard InChI is InChI=1S/C32H43N5O10/c1-12-13-10-11-14(34-28(45)35-30(2,3)4)21(38)16(13)22(39)17-15(12)23(40)19-20(37(8)9)24(41)18(27(33)44)26(43)32(19,25(17)42)47-29(46)36-31(5,6)7/h10-12,15,19-20,23,38-40,43H,1-9H3,(H2,33,44)(H,36,46)(H2,34,35,45)/t12-,15+,19+,20?,23-,32-/m0/s1. The van der Waals surface area contributed by atoms with E-state index in [0.717, 1.165) is 0 Å². The van der Waals surface area contributed by atoms with Crippen LogP contribution < -0.4 is 21.7 Å². The van der Waals surface area contributed by atoms with Crippen molar-refractivity contribution < 1.29 is 49.1 Å². The Morgan fingerprint density at radius 2 is 1.55 bits per heavy atom. The number of Topliss-reactive ketones (excluding diaryl/α,β-unsaturated/α-hetero) is 2. The highest BCUT2D eigenvalue weighted by Gasteiger charge is 2.71. The number of aliphatic hydroxyl groups excluding tert-OH is 3. The first-order valence-corrected chi connectivity index (χ1v) is 15.0. The fourth-order valence-corrected chi connectivity index (χ4v) is 6.83. The number of ether oxygens (including phenoxy) is 1. The lowest BCUT2D eigenvalue weighted by molar-refractivity contribution is -0.170. The Morgan fingerprint density at radius 3 is 2.06 bits per heavy atom. The van der Waals surface area contributed by atoms with Crippen LogP contribution in [-0.2, 0) is 19.1 Å². The van der Waals surface area contributed by atoms with E-state index in [9.17, 15) is 44.4 Å². The number of ketones is 2. The average molecular weight is 658 g/mol. The molecule has 0 aliphatic heterocycles. The predicted molar refractivity (Wildman–Crippen MR) is 169 cm³/mol.